The maximum atomic E-state index is 12.3. The van der Waals surface area contributed by atoms with Crippen LogP contribution in [0.5, 0.6) is 0 Å². The molecular weight excluding hydrogens is 248 g/mol. The molecule has 0 spiro atoms. The predicted octanol–water partition coefficient (Wildman–Crippen LogP) is 2.42. The van der Waals surface area contributed by atoms with E-state index in [4.69, 9.17) is 5.73 Å². The summed E-state index contributed by atoms with van der Waals surface area (Å²) < 4.78 is 0. The number of nitrogens with two attached hydrogens (primary N) is 1. The Morgan fingerprint density at radius 1 is 1.44 bits per heavy atom. The highest BCUT2D eigenvalue weighted by molar-refractivity contribution is 7.18. The summed E-state index contributed by atoms with van der Waals surface area (Å²) in [5.74, 6) is 0.320. The monoisotopic (exact) mass is 270 g/mol. The average Bonchev–Trinajstić information content (AvgIpc) is 2.71. The van der Waals surface area contributed by atoms with Crippen molar-refractivity contribution in [1.29, 1.82) is 0 Å². The summed E-state index contributed by atoms with van der Waals surface area (Å²) in [6.45, 7) is 8.33. The first-order valence-electron chi connectivity index (χ1n) is 6.43. The molecule has 0 unspecified atom stereocenters. The number of unbranched alkanes of at least 4 members (excludes halogenated alkanes) is 1. The van der Waals surface area contributed by atoms with E-state index < -0.39 is 0 Å². The van der Waals surface area contributed by atoms with Gasteiger partial charge in [-0.3, -0.25) is 4.79 Å². The number of carbonyl (C=O) groups is 1. The van der Waals surface area contributed by atoms with Crippen molar-refractivity contribution in [3.8, 4) is 0 Å². The maximum absolute atomic E-state index is 12.3. The SMILES string of the molecule is CCCCN(CC)C(=O)c1sc(NCC)nc1N. The van der Waals surface area contributed by atoms with E-state index in [-0.39, 0.29) is 5.91 Å². The third-order valence-electron chi connectivity index (χ3n) is 2.63. The van der Waals surface area contributed by atoms with Gasteiger partial charge in [-0.15, -0.1) is 0 Å². The number of aromatic nitrogens is 1. The zero-order chi connectivity index (χ0) is 13.5. The Morgan fingerprint density at radius 3 is 2.72 bits per heavy atom. The van der Waals surface area contributed by atoms with Gasteiger partial charge in [0.2, 0.25) is 0 Å². The van der Waals surface area contributed by atoms with Crippen molar-refractivity contribution in [2.75, 3.05) is 30.7 Å². The molecule has 0 radical (unpaired) electrons. The van der Waals surface area contributed by atoms with E-state index >= 15 is 0 Å². The van der Waals surface area contributed by atoms with E-state index in [1.807, 2.05) is 18.7 Å². The van der Waals surface area contributed by atoms with E-state index in [0.29, 0.717) is 22.4 Å². The quantitative estimate of drug-likeness (QED) is 0.798. The summed E-state index contributed by atoms with van der Waals surface area (Å²) in [5, 5.41) is 3.79. The summed E-state index contributed by atoms with van der Waals surface area (Å²) >= 11 is 1.33. The molecule has 1 aromatic heterocycles. The van der Waals surface area contributed by atoms with Gasteiger partial charge >= 0.3 is 0 Å². The van der Waals surface area contributed by atoms with E-state index in [0.717, 1.165) is 25.9 Å². The standard InChI is InChI=1S/C12H22N4OS/c1-4-7-8-16(6-3)11(17)9-10(13)15-12(18-9)14-5-2/h4-8,13H2,1-3H3,(H,14,15). The van der Waals surface area contributed by atoms with Crippen molar-refractivity contribution >= 4 is 28.2 Å². The molecule has 1 rings (SSSR count). The van der Waals surface area contributed by atoms with Crippen LogP contribution in [0.2, 0.25) is 0 Å². The molecule has 3 N–H and O–H groups in total. The molecule has 1 aromatic rings. The minimum atomic E-state index is -0.00916. The molecule has 102 valence electrons. The molecule has 0 aliphatic heterocycles. The molecule has 1 heterocycles. The van der Waals surface area contributed by atoms with Crippen molar-refractivity contribution in [2.24, 2.45) is 0 Å². The topological polar surface area (TPSA) is 71.2 Å². The molecule has 0 aliphatic rings. The van der Waals surface area contributed by atoms with E-state index in [1.54, 1.807) is 0 Å². The number of rotatable bonds is 7. The zero-order valence-corrected chi connectivity index (χ0v) is 12.1. The van der Waals surface area contributed by atoms with Crippen LogP contribution in [0, 0.1) is 0 Å². The van der Waals surface area contributed by atoms with Crippen LogP contribution in [0.15, 0.2) is 0 Å². The second-order valence-electron chi connectivity index (χ2n) is 4.00. The Kier molecular flexibility index (Phi) is 5.91. The summed E-state index contributed by atoms with van der Waals surface area (Å²) in [6, 6.07) is 0. The summed E-state index contributed by atoms with van der Waals surface area (Å²) in [7, 11) is 0. The van der Waals surface area contributed by atoms with Gasteiger partial charge in [0.15, 0.2) is 5.13 Å². The van der Waals surface area contributed by atoms with Gasteiger partial charge in [-0.2, -0.15) is 0 Å². The van der Waals surface area contributed by atoms with Gasteiger partial charge in [-0.1, -0.05) is 24.7 Å². The first kappa shape index (κ1) is 14.8. The van der Waals surface area contributed by atoms with Crippen molar-refractivity contribution in [2.45, 2.75) is 33.6 Å². The molecule has 0 aliphatic carbocycles. The van der Waals surface area contributed by atoms with Crippen LogP contribution in [0.3, 0.4) is 0 Å². The van der Waals surface area contributed by atoms with Gasteiger partial charge in [0.05, 0.1) is 0 Å². The predicted molar refractivity (Wildman–Crippen MR) is 77.2 cm³/mol. The summed E-state index contributed by atoms with van der Waals surface area (Å²) in [5.41, 5.74) is 5.81. The second-order valence-corrected chi connectivity index (χ2v) is 5.00. The fourth-order valence-corrected chi connectivity index (χ4v) is 2.53. The lowest BCUT2D eigenvalue weighted by Crippen LogP contribution is -2.31. The summed E-state index contributed by atoms with van der Waals surface area (Å²) in [4.78, 5) is 18.8. The number of thiazole rings is 1. The molecule has 0 atom stereocenters. The summed E-state index contributed by atoms with van der Waals surface area (Å²) in [6.07, 6.45) is 2.09. The molecular formula is C12H22N4OS. The number of nitrogen functional groups attached to an aromatic ring is 1. The van der Waals surface area contributed by atoms with Gasteiger partial charge in [-0.25, -0.2) is 4.98 Å². The minimum Gasteiger partial charge on any atom is -0.382 e. The van der Waals surface area contributed by atoms with Crippen LogP contribution in [0.4, 0.5) is 10.9 Å². The van der Waals surface area contributed by atoms with Crippen molar-refractivity contribution in [3.05, 3.63) is 4.88 Å². The highest BCUT2D eigenvalue weighted by atomic mass is 32.1. The smallest absolute Gasteiger partial charge is 0.267 e. The number of nitrogens with zero attached hydrogens (tertiary/aromatic N) is 2. The van der Waals surface area contributed by atoms with Gasteiger partial charge in [0.1, 0.15) is 10.7 Å². The number of nitrogens with one attached hydrogen (secondary N) is 1. The van der Waals surface area contributed by atoms with Crippen LogP contribution in [-0.4, -0.2) is 35.4 Å². The van der Waals surface area contributed by atoms with Crippen molar-refractivity contribution in [1.82, 2.24) is 9.88 Å². The Balaban J connectivity index is 2.80. The van der Waals surface area contributed by atoms with Crippen LogP contribution in [-0.2, 0) is 0 Å². The van der Waals surface area contributed by atoms with Crippen molar-refractivity contribution < 1.29 is 4.79 Å². The Bertz CT molecular complexity index is 391. The average molecular weight is 270 g/mol. The van der Waals surface area contributed by atoms with E-state index in [9.17, 15) is 4.79 Å². The molecule has 0 bridgehead atoms. The second kappa shape index (κ2) is 7.20. The molecule has 18 heavy (non-hydrogen) atoms. The Morgan fingerprint density at radius 2 is 2.17 bits per heavy atom. The molecule has 6 heteroatoms. The van der Waals surface area contributed by atoms with E-state index in [2.05, 4.69) is 17.2 Å². The molecule has 0 saturated carbocycles. The molecule has 0 aromatic carbocycles. The Hall–Kier alpha value is -1.30. The van der Waals surface area contributed by atoms with Crippen LogP contribution >= 0.6 is 11.3 Å². The van der Waals surface area contributed by atoms with Gasteiger partial charge in [-0.05, 0) is 20.3 Å². The zero-order valence-electron chi connectivity index (χ0n) is 11.3. The van der Waals surface area contributed by atoms with Crippen LogP contribution < -0.4 is 11.1 Å². The third kappa shape index (κ3) is 3.60. The van der Waals surface area contributed by atoms with E-state index in [1.165, 1.54) is 11.3 Å². The number of amides is 1. The first-order valence-corrected chi connectivity index (χ1v) is 7.25. The number of hydrogen-bond donors (Lipinski definition) is 2. The van der Waals surface area contributed by atoms with Crippen molar-refractivity contribution in [3.63, 3.8) is 0 Å². The van der Waals surface area contributed by atoms with Gasteiger partial charge < -0.3 is 16.0 Å². The fourth-order valence-electron chi connectivity index (χ4n) is 1.61. The van der Waals surface area contributed by atoms with Gasteiger partial charge in [0.25, 0.3) is 5.91 Å². The lowest BCUT2D eigenvalue weighted by atomic mass is 10.3. The molecule has 0 saturated heterocycles. The maximum Gasteiger partial charge on any atom is 0.267 e. The largest absolute Gasteiger partial charge is 0.382 e. The number of carbonyl (C=O) groups excluding carboxylic acids is 1. The lowest BCUT2D eigenvalue weighted by molar-refractivity contribution is 0.0768. The lowest BCUT2D eigenvalue weighted by Gasteiger charge is -2.19. The normalized spacial score (nSPS) is 10.4. The molecule has 1 amide bonds. The fraction of sp³-hybridized carbons (Fsp3) is 0.667. The highest BCUT2D eigenvalue weighted by Gasteiger charge is 2.20. The van der Waals surface area contributed by atoms with Gasteiger partial charge in [0, 0.05) is 19.6 Å². The highest BCUT2D eigenvalue weighted by Crippen LogP contribution is 2.26. The number of hydrogen-bond acceptors (Lipinski definition) is 5. The molecule has 5 nitrogen and oxygen atoms in total. The minimum absolute atomic E-state index is 0.00916. The van der Waals surface area contributed by atoms with Crippen LogP contribution in [0.25, 0.3) is 0 Å². The van der Waals surface area contributed by atoms with Crippen LogP contribution in [0.1, 0.15) is 43.3 Å². The third-order valence-corrected chi connectivity index (χ3v) is 3.64. The molecule has 0 fully saturated rings. The first-order chi connectivity index (χ1) is 8.63. The Labute approximate surface area is 112 Å². The number of anilines is 2.